The van der Waals surface area contributed by atoms with Gasteiger partial charge in [0.1, 0.15) is 0 Å². The summed E-state index contributed by atoms with van der Waals surface area (Å²) in [5.41, 5.74) is 3.72. The van der Waals surface area contributed by atoms with Crippen LogP contribution in [0.1, 0.15) is 86.2 Å². The van der Waals surface area contributed by atoms with E-state index >= 15 is 0 Å². The predicted octanol–water partition coefficient (Wildman–Crippen LogP) is 5.41. The molecule has 0 amide bonds. The fraction of sp³-hybridized carbons (Fsp3) is 0.500. The SMILES string of the molecule is CCCN(c1cccc2c1C(=O)c1c(cccc1N(CCC)N(CC)CC)C2=O)N(CC)CC. The zero-order chi connectivity index (χ0) is 24.8. The first-order valence-corrected chi connectivity index (χ1v) is 12.9. The maximum absolute atomic E-state index is 14.3. The van der Waals surface area contributed by atoms with Crippen molar-refractivity contribution in [2.45, 2.75) is 54.4 Å². The average molecular weight is 465 g/mol. The first-order chi connectivity index (χ1) is 16.5. The van der Waals surface area contributed by atoms with E-state index in [1.54, 1.807) is 12.1 Å². The largest absolute Gasteiger partial charge is 0.305 e. The Kier molecular flexibility index (Phi) is 8.86. The zero-order valence-corrected chi connectivity index (χ0v) is 21.7. The molecule has 0 saturated heterocycles. The Morgan fingerprint density at radius 3 is 1.26 bits per heavy atom. The van der Waals surface area contributed by atoms with Crippen LogP contribution in [0.25, 0.3) is 0 Å². The molecule has 0 aliphatic heterocycles. The summed E-state index contributed by atoms with van der Waals surface area (Å²) < 4.78 is 0. The lowest BCUT2D eigenvalue weighted by Crippen LogP contribution is -2.45. The van der Waals surface area contributed by atoms with Gasteiger partial charge in [-0.2, -0.15) is 0 Å². The zero-order valence-electron chi connectivity index (χ0n) is 21.7. The lowest BCUT2D eigenvalue weighted by molar-refractivity contribution is 0.0978. The summed E-state index contributed by atoms with van der Waals surface area (Å²) in [5, 5.41) is 8.84. The molecule has 34 heavy (non-hydrogen) atoms. The van der Waals surface area contributed by atoms with Crippen molar-refractivity contribution in [1.82, 2.24) is 10.0 Å². The number of ketones is 2. The van der Waals surface area contributed by atoms with Gasteiger partial charge in [-0.3, -0.25) is 9.59 Å². The van der Waals surface area contributed by atoms with Crippen LogP contribution in [0, 0.1) is 0 Å². The van der Waals surface area contributed by atoms with Crippen molar-refractivity contribution in [3.8, 4) is 0 Å². The van der Waals surface area contributed by atoms with Gasteiger partial charge < -0.3 is 10.0 Å². The van der Waals surface area contributed by atoms with E-state index in [2.05, 4.69) is 61.6 Å². The number of benzene rings is 2. The number of anilines is 2. The van der Waals surface area contributed by atoms with E-state index in [1.165, 1.54) is 0 Å². The minimum Gasteiger partial charge on any atom is -0.305 e. The van der Waals surface area contributed by atoms with Gasteiger partial charge in [0.05, 0.1) is 22.5 Å². The van der Waals surface area contributed by atoms with Crippen molar-refractivity contribution in [1.29, 1.82) is 0 Å². The van der Waals surface area contributed by atoms with Gasteiger partial charge in [-0.1, -0.05) is 65.8 Å². The van der Waals surface area contributed by atoms with Crippen molar-refractivity contribution < 1.29 is 9.59 Å². The average Bonchev–Trinajstić information content (AvgIpc) is 2.86. The molecule has 0 spiro atoms. The van der Waals surface area contributed by atoms with Crippen LogP contribution in [0.3, 0.4) is 0 Å². The van der Waals surface area contributed by atoms with Crippen LogP contribution in [0.2, 0.25) is 0 Å². The second-order valence-corrected chi connectivity index (χ2v) is 8.58. The number of carbonyl (C=O) groups excluding carboxylic acids is 2. The number of hydrazine groups is 2. The van der Waals surface area contributed by atoms with E-state index < -0.39 is 0 Å². The van der Waals surface area contributed by atoms with Crippen LogP contribution in [-0.4, -0.2) is 60.9 Å². The molecule has 0 aromatic heterocycles. The highest BCUT2D eigenvalue weighted by Crippen LogP contribution is 2.38. The Morgan fingerprint density at radius 2 is 0.941 bits per heavy atom. The molecule has 0 radical (unpaired) electrons. The van der Waals surface area contributed by atoms with Crippen LogP contribution in [-0.2, 0) is 0 Å². The van der Waals surface area contributed by atoms with Crippen LogP contribution in [0.5, 0.6) is 0 Å². The Morgan fingerprint density at radius 1 is 0.559 bits per heavy atom. The van der Waals surface area contributed by atoms with Crippen molar-refractivity contribution in [3.05, 3.63) is 58.7 Å². The maximum atomic E-state index is 14.3. The van der Waals surface area contributed by atoms with E-state index in [4.69, 9.17) is 0 Å². The Bertz CT molecular complexity index is 934. The highest BCUT2D eigenvalue weighted by Gasteiger charge is 2.36. The highest BCUT2D eigenvalue weighted by atomic mass is 16.1. The van der Waals surface area contributed by atoms with E-state index in [1.807, 2.05) is 24.3 Å². The van der Waals surface area contributed by atoms with Crippen LogP contribution in [0.15, 0.2) is 36.4 Å². The summed E-state index contributed by atoms with van der Waals surface area (Å²) in [6.45, 7) is 17.6. The molecule has 6 heteroatoms. The van der Waals surface area contributed by atoms with Crippen molar-refractivity contribution in [3.63, 3.8) is 0 Å². The molecular weight excluding hydrogens is 424 g/mol. The Balaban J connectivity index is 2.24. The van der Waals surface area contributed by atoms with Gasteiger partial charge in [0.2, 0.25) is 0 Å². The third-order valence-electron chi connectivity index (χ3n) is 6.60. The predicted molar refractivity (Wildman–Crippen MR) is 141 cm³/mol. The third kappa shape index (κ3) is 4.62. The third-order valence-corrected chi connectivity index (χ3v) is 6.60. The highest BCUT2D eigenvalue weighted by molar-refractivity contribution is 6.31. The van der Waals surface area contributed by atoms with Gasteiger partial charge in [0, 0.05) is 50.4 Å². The summed E-state index contributed by atoms with van der Waals surface area (Å²) in [4.78, 5) is 28.0. The molecule has 0 N–H and O–H groups in total. The molecule has 0 fully saturated rings. The number of rotatable bonds is 12. The van der Waals surface area contributed by atoms with E-state index in [0.717, 1.165) is 63.5 Å². The van der Waals surface area contributed by atoms with Crippen LogP contribution in [0.4, 0.5) is 11.4 Å². The molecule has 0 heterocycles. The minimum absolute atomic E-state index is 0.0580. The fourth-order valence-electron chi connectivity index (χ4n) is 5.02. The fourth-order valence-corrected chi connectivity index (χ4v) is 5.02. The summed E-state index contributed by atoms with van der Waals surface area (Å²) >= 11 is 0. The van der Waals surface area contributed by atoms with Crippen LogP contribution < -0.4 is 10.0 Å². The Hall–Kier alpha value is -2.70. The van der Waals surface area contributed by atoms with E-state index in [0.29, 0.717) is 22.3 Å². The lowest BCUT2D eigenvalue weighted by atomic mass is 9.82. The molecule has 0 bridgehead atoms. The van der Waals surface area contributed by atoms with Gasteiger partial charge in [-0.05, 0) is 25.0 Å². The summed E-state index contributed by atoms with van der Waals surface area (Å²) in [6.07, 6.45) is 1.88. The number of hydrogen-bond acceptors (Lipinski definition) is 6. The monoisotopic (exact) mass is 464 g/mol. The number of carbonyl (C=O) groups is 2. The number of fused-ring (bicyclic) bond motifs is 2. The molecule has 2 aromatic carbocycles. The van der Waals surface area contributed by atoms with E-state index in [9.17, 15) is 9.59 Å². The summed E-state index contributed by atoms with van der Waals surface area (Å²) in [7, 11) is 0. The molecule has 2 aromatic rings. The molecule has 0 unspecified atom stereocenters. The molecule has 0 saturated carbocycles. The van der Waals surface area contributed by atoms with Crippen LogP contribution >= 0.6 is 0 Å². The molecule has 3 rings (SSSR count). The van der Waals surface area contributed by atoms with Gasteiger partial charge in [-0.25, -0.2) is 10.0 Å². The van der Waals surface area contributed by atoms with Gasteiger partial charge in [0.15, 0.2) is 11.6 Å². The minimum atomic E-state index is -0.0692. The summed E-state index contributed by atoms with van der Waals surface area (Å²) in [5.74, 6) is -0.127. The normalized spacial score (nSPS) is 12.8. The van der Waals surface area contributed by atoms with Gasteiger partial charge in [0.25, 0.3) is 0 Å². The molecule has 1 aliphatic rings. The second-order valence-electron chi connectivity index (χ2n) is 8.58. The van der Waals surface area contributed by atoms with Gasteiger partial charge >= 0.3 is 0 Å². The Labute approximate surface area is 205 Å². The smallest absolute Gasteiger partial charge is 0.198 e. The molecular formula is C28H40N4O2. The summed E-state index contributed by atoms with van der Waals surface area (Å²) in [6, 6.07) is 11.4. The van der Waals surface area contributed by atoms with Crippen molar-refractivity contribution >= 4 is 22.9 Å². The van der Waals surface area contributed by atoms with Crippen molar-refractivity contribution in [2.75, 3.05) is 49.3 Å². The first-order valence-electron chi connectivity index (χ1n) is 12.9. The maximum Gasteiger partial charge on any atom is 0.198 e. The number of nitrogens with zero attached hydrogens (tertiary/aromatic N) is 4. The lowest BCUT2D eigenvalue weighted by Gasteiger charge is -2.39. The standard InChI is InChI=1S/C28H40N4O2/c1-7-19-31(29(9-3)10-4)23-17-13-15-21-25(23)28(34)26-22(27(21)33)16-14-18-24(26)32(20-8-2)30(11-5)12-6/h13-18H,7-12,19-20H2,1-6H3. The molecule has 1 aliphatic carbocycles. The van der Waals surface area contributed by atoms with Gasteiger partial charge in [-0.15, -0.1) is 0 Å². The molecule has 6 nitrogen and oxygen atoms in total. The second kappa shape index (κ2) is 11.6. The van der Waals surface area contributed by atoms with E-state index in [-0.39, 0.29) is 11.6 Å². The number of hydrogen-bond donors (Lipinski definition) is 0. The molecule has 0 atom stereocenters. The first kappa shape index (κ1) is 25.9. The molecule has 184 valence electrons. The topological polar surface area (TPSA) is 47.1 Å². The van der Waals surface area contributed by atoms with Crippen molar-refractivity contribution in [2.24, 2.45) is 0 Å². The quantitative estimate of drug-likeness (QED) is 0.334.